The van der Waals surface area contributed by atoms with Gasteiger partial charge in [0, 0.05) is 25.3 Å². The minimum absolute atomic E-state index is 0.205. The quantitative estimate of drug-likeness (QED) is 0.834. The van der Waals surface area contributed by atoms with Gasteiger partial charge in [-0.1, -0.05) is 0 Å². The van der Waals surface area contributed by atoms with Gasteiger partial charge in [-0.05, 0) is 50.0 Å². The van der Waals surface area contributed by atoms with E-state index in [4.69, 9.17) is 9.47 Å². The fraction of sp³-hybridized carbons (Fsp3) is 1.00. The van der Waals surface area contributed by atoms with E-state index in [-0.39, 0.29) is 5.60 Å². The van der Waals surface area contributed by atoms with Crippen LogP contribution in [-0.4, -0.2) is 49.0 Å². The van der Waals surface area contributed by atoms with E-state index >= 15 is 0 Å². The molecule has 3 aliphatic heterocycles. The summed E-state index contributed by atoms with van der Waals surface area (Å²) in [6.07, 6.45) is 7.37. The van der Waals surface area contributed by atoms with Gasteiger partial charge in [0.2, 0.25) is 0 Å². The minimum Gasteiger partial charge on any atom is -0.380 e. The van der Waals surface area contributed by atoms with Gasteiger partial charge in [0.25, 0.3) is 0 Å². The molecule has 3 nitrogen and oxygen atoms in total. The van der Waals surface area contributed by atoms with Crippen LogP contribution in [0.5, 0.6) is 0 Å². The van der Waals surface area contributed by atoms with E-state index in [2.05, 4.69) is 17.1 Å². The summed E-state index contributed by atoms with van der Waals surface area (Å²) in [7, 11) is 0. The Morgan fingerprint density at radius 1 is 1.06 bits per heavy atom. The van der Waals surface area contributed by atoms with E-state index in [0.717, 1.165) is 19.8 Å². The van der Waals surface area contributed by atoms with Crippen LogP contribution in [0.15, 0.2) is 0 Å². The van der Waals surface area contributed by atoms with E-state index in [1.807, 2.05) is 0 Å². The third-order valence-corrected chi connectivity index (χ3v) is 5.51. The molecular weight excluding hydrogens is 246 g/mol. The van der Waals surface area contributed by atoms with Gasteiger partial charge in [0.1, 0.15) is 0 Å². The lowest BCUT2D eigenvalue weighted by atomic mass is 9.85. The van der Waals surface area contributed by atoms with Crippen molar-refractivity contribution < 1.29 is 9.47 Å². The molecule has 2 unspecified atom stereocenters. The fourth-order valence-corrected chi connectivity index (χ4v) is 4.70. The predicted octanol–water partition coefficient (Wildman–Crippen LogP) is 2.20. The number of nitrogens with one attached hydrogen (secondary N) is 1. The SMILES string of the molecule is C1COCC(NC2CCOC3(CCSCC3)C2)C1. The Labute approximate surface area is 114 Å². The van der Waals surface area contributed by atoms with Crippen molar-refractivity contribution in [3.05, 3.63) is 0 Å². The third-order valence-electron chi connectivity index (χ3n) is 4.53. The van der Waals surface area contributed by atoms with Crippen LogP contribution in [0.2, 0.25) is 0 Å². The maximum absolute atomic E-state index is 6.14. The van der Waals surface area contributed by atoms with Gasteiger partial charge >= 0.3 is 0 Å². The largest absolute Gasteiger partial charge is 0.380 e. The highest BCUT2D eigenvalue weighted by molar-refractivity contribution is 7.99. The van der Waals surface area contributed by atoms with E-state index in [0.29, 0.717) is 12.1 Å². The monoisotopic (exact) mass is 271 g/mol. The van der Waals surface area contributed by atoms with Crippen LogP contribution in [0, 0.1) is 0 Å². The van der Waals surface area contributed by atoms with E-state index in [1.165, 1.54) is 50.0 Å². The normalized spacial score (nSPS) is 36.7. The molecule has 0 amide bonds. The molecule has 1 N–H and O–H groups in total. The topological polar surface area (TPSA) is 30.5 Å². The van der Waals surface area contributed by atoms with Gasteiger partial charge in [0.15, 0.2) is 0 Å². The summed E-state index contributed by atoms with van der Waals surface area (Å²) in [5, 5.41) is 3.82. The highest BCUT2D eigenvalue weighted by Crippen LogP contribution is 2.37. The summed E-state index contributed by atoms with van der Waals surface area (Å²) < 4.78 is 11.7. The van der Waals surface area contributed by atoms with Crippen molar-refractivity contribution in [1.82, 2.24) is 5.32 Å². The third kappa shape index (κ3) is 3.21. The lowest BCUT2D eigenvalue weighted by Crippen LogP contribution is -2.52. The Morgan fingerprint density at radius 2 is 1.94 bits per heavy atom. The molecule has 3 heterocycles. The summed E-state index contributed by atoms with van der Waals surface area (Å²) in [4.78, 5) is 0. The van der Waals surface area contributed by atoms with Crippen LogP contribution < -0.4 is 5.32 Å². The van der Waals surface area contributed by atoms with Crippen LogP contribution in [0.1, 0.15) is 38.5 Å². The lowest BCUT2D eigenvalue weighted by molar-refractivity contribution is -0.0958. The zero-order valence-corrected chi connectivity index (χ0v) is 12.0. The van der Waals surface area contributed by atoms with Crippen molar-refractivity contribution in [2.75, 3.05) is 31.3 Å². The molecule has 0 aliphatic carbocycles. The zero-order chi connectivity index (χ0) is 12.3. The Kier molecular flexibility index (Phi) is 4.50. The van der Waals surface area contributed by atoms with Crippen LogP contribution in [0.3, 0.4) is 0 Å². The van der Waals surface area contributed by atoms with Crippen LogP contribution in [0.25, 0.3) is 0 Å². The van der Waals surface area contributed by atoms with Crippen molar-refractivity contribution in [1.29, 1.82) is 0 Å². The molecule has 3 fully saturated rings. The molecule has 0 aromatic carbocycles. The first-order valence-electron chi connectivity index (χ1n) is 7.42. The highest BCUT2D eigenvalue weighted by Gasteiger charge is 2.39. The number of ether oxygens (including phenoxy) is 2. The van der Waals surface area contributed by atoms with Gasteiger partial charge in [0.05, 0.1) is 12.2 Å². The molecule has 3 rings (SSSR count). The van der Waals surface area contributed by atoms with Gasteiger partial charge in [-0.2, -0.15) is 11.8 Å². The molecule has 3 saturated heterocycles. The molecule has 0 aromatic rings. The lowest BCUT2D eigenvalue weighted by Gasteiger charge is -2.44. The smallest absolute Gasteiger partial charge is 0.0713 e. The highest BCUT2D eigenvalue weighted by atomic mass is 32.2. The maximum atomic E-state index is 6.14. The van der Waals surface area contributed by atoms with Crippen molar-refractivity contribution in [3.63, 3.8) is 0 Å². The van der Waals surface area contributed by atoms with Gasteiger partial charge in [-0.3, -0.25) is 0 Å². The fourth-order valence-electron chi connectivity index (χ4n) is 3.47. The number of rotatable bonds is 2. The molecular formula is C14H25NO2S. The standard InChI is InChI=1S/C14H25NO2S/c1-2-13(11-16-6-1)15-12-3-7-17-14(10-12)4-8-18-9-5-14/h12-13,15H,1-11H2. The molecule has 0 radical (unpaired) electrons. The molecule has 4 heteroatoms. The zero-order valence-electron chi connectivity index (χ0n) is 11.2. The summed E-state index contributed by atoms with van der Waals surface area (Å²) >= 11 is 2.08. The second-order valence-corrected chi connectivity index (χ2v) is 7.14. The molecule has 1 spiro atoms. The van der Waals surface area contributed by atoms with E-state index in [1.54, 1.807) is 0 Å². The summed E-state index contributed by atoms with van der Waals surface area (Å²) in [6, 6.07) is 1.23. The van der Waals surface area contributed by atoms with Gasteiger partial charge < -0.3 is 14.8 Å². The van der Waals surface area contributed by atoms with Crippen LogP contribution >= 0.6 is 11.8 Å². The first-order chi connectivity index (χ1) is 8.86. The molecule has 0 saturated carbocycles. The molecule has 104 valence electrons. The number of hydrogen-bond donors (Lipinski definition) is 1. The molecule has 18 heavy (non-hydrogen) atoms. The first kappa shape index (κ1) is 13.2. The average molecular weight is 271 g/mol. The van der Waals surface area contributed by atoms with Crippen molar-refractivity contribution in [3.8, 4) is 0 Å². The van der Waals surface area contributed by atoms with Gasteiger partial charge in [-0.25, -0.2) is 0 Å². The van der Waals surface area contributed by atoms with E-state index < -0.39 is 0 Å². The van der Waals surface area contributed by atoms with Crippen molar-refractivity contribution >= 4 is 11.8 Å². The second kappa shape index (κ2) is 6.12. The molecule has 0 bridgehead atoms. The summed E-state index contributed by atoms with van der Waals surface area (Å²) in [5.74, 6) is 2.55. The average Bonchev–Trinajstić information content (AvgIpc) is 2.41. The maximum Gasteiger partial charge on any atom is 0.0713 e. The first-order valence-corrected chi connectivity index (χ1v) is 8.57. The second-order valence-electron chi connectivity index (χ2n) is 5.91. The molecule has 0 aromatic heterocycles. The minimum atomic E-state index is 0.205. The molecule has 2 atom stereocenters. The molecule has 3 aliphatic rings. The van der Waals surface area contributed by atoms with Crippen LogP contribution in [0.4, 0.5) is 0 Å². The summed E-state index contributed by atoms with van der Waals surface area (Å²) in [6.45, 7) is 2.79. The Balaban J connectivity index is 1.52. The number of hydrogen-bond acceptors (Lipinski definition) is 4. The van der Waals surface area contributed by atoms with Crippen molar-refractivity contribution in [2.45, 2.75) is 56.2 Å². The van der Waals surface area contributed by atoms with Crippen LogP contribution in [-0.2, 0) is 9.47 Å². The van der Waals surface area contributed by atoms with E-state index in [9.17, 15) is 0 Å². The van der Waals surface area contributed by atoms with Gasteiger partial charge in [-0.15, -0.1) is 0 Å². The predicted molar refractivity (Wildman–Crippen MR) is 75.2 cm³/mol. The Hall–Kier alpha value is 0.230. The summed E-state index contributed by atoms with van der Waals surface area (Å²) in [5.41, 5.74) is 0.205. The Bertz CT molecular complexity index is 257. The number of thioether (sulfide) groups is 1. The Morgan fingerprint density at radius 3 is 2.72 bits per heavy atom. The van der Waals surface area contributed by atoms with Crippen molar-refractivity contribution in [2.24, 2.45) is 0 Å².